The summed E-state index contributed by atoms with van der Waals surface area (Å²) in [5, 5.41) is 11.3. The van der Waals surface area contributed by atoms with E-state index in [0.29, 0.717) is 64.3 Å². The summed E-state index contributed by atoms with van der Waals surface area (Å²) < 4.78 is 0. The summed E-state index contributed by atoms with van der Waals surface area (Å²) in [5.41, 5.74) is 7.13. The Morgan fingerprint density at radius 3 is 2.21 bits per heavy atom. The zero-order valence-electron chi connectivity index (χ0n) is 29.1. The third kappa shape index (κ3) is 11.3. The van der Waals surface area contributed by atoms with Crippen LogP contribution in [-0.2, 0) is 35.2 Å². The molecule has 0 aromatic heterocycles. The van der Waals surface area contributed by atoms with Gasteiger partial charge in [-0.15, -0.1) is 0 Å². The molecule has 1 aromatic rings. The number of hydrogen-bond donors (Lipinski definition) is 5. The van der Waals surface area contributed by atoms with Gasteiger partial charge in [0.1, 0.15) is 30.2 Å². The summed E-state index contributed by atoms with van der Waals surface area (Å²) in [7, 11) is 3.27. The van der Waals surface area contributed by atoms with Gasteiger partial charge in [-0.05, 0) is 56.9 Å². The molecule has 2 saturated heterocycles. The van der Waals surface area contributed by atoms with Crippen LogP contribution in [-0.4, -0.2) is 102 Å². The average Bonchev–Trinajstić information content (AvgIpc) is 3.54. The van der Waals surface area contributed by atoms with Crippen molar-refractivity contribution in [3.05, 3.63) is 35.9 Å². The fourth-order valence-corrected chi connectivity index (χ4v) is 6.30. The SMILES string of the molecule is CC(C)C[C@@H]1NC(=O)[C@@H](NC(=O)[C@@H](N)Cc2ccccc2)CCCCCC[C@@H](C(=O)N(C)C)NC(=O)[C@@H]2CCCN2C(=O)[C@H](C)NC1=O. The molecule has 3 rings (SSSR count). The van der Waals surface area contributed by atoms with Crippen molar-refractivity contribution in [2.45, 2.75) is 121 Å². The fraction of sp³-hybridized carbons (Fsp3) is 0.657. The van der Waals surface area contributed by atoms with Crippen LogP contribution < -0.4 is 27.0 Å². The largest absolute Gasteiger partial charge is 0.347 e. The van der Waals surface area contributed by atoms with Crippen LogP contribution in [0.3, 0.4) is 0 Å². The van der Waals surface area contributed by atoms with E-state index in [-0.39, 0.29) is 17.7 Å². The van der Waals surface area contributed by atoms with E-state index in [1.807, 2.05) is 44.2 Å². The second-order valence-electron chi connectivity index (χ2n) is 13.8. The minimum Gasteiger partial charge on any atom is -0.347 e. The Morgan fingerprint density at radius 2 is 1.56 bits per heavy atom. The molecule has 6 amide bonds. The molecule has 48 heavy (non-hydrogen) atoms. The van der Waals surface area contributed by atoms with Gasteiger partial charge in [0.25, 0.3) is 0 Å². The van der Waals surface area contributed by atoms with Crippen molar-refractivity contribution < 1.29 is 28.8 Å². The summed E-state index contributed by atoms with van der Waals surface area (Å²) in [6.45, 7) is 5.75. The van der Waals surface area contributed by atoms with E-state index in [0.717, 1.165) is 12.0 Å². The Labute approximate surface area is 284 Å². The van der Waals surface area contributed by atoms with Gasteiger partial charge in [-0.2, -0.15) is 0 Å². The van der Waals surface area contributed by atoms with E-state index < -0.39 is 59.9 Å². The molecule has 2 fully saturated rings. The maximum Gasteiger partial charge on any atom is 0.245 e. The molecule has 6 atom stereocenters. The van der Waals surface area contributed by atoms with E-state index in [4.69, 9.17) is 5.73 Å². The van der Waals surface area contributed by atoms with Crippen molar-refractivity contribution >= 4 is 35.4 Å². The van der Waals surface area contributed by atoms with Crippen LogP contribution in [0.15, 0.2) is 30.3 Å². The van der Waals surface area contributed by atoms with Gasteiger partial charge in [0.05, 0.1) is 6.04 Å². The number of hydrogen-bond acceptors (Lipinski definition) is 7. The Balaban J connectivity index is 1.84. The van der Waals surface area contributed by atoms with E-state index in [1.165, 1.54) is 9.80 Å². The number of nitrogens with zero attached hydrogens (tertiary/aromatic N) is 2. The molecule has 0 radical (unpaired) electrons. The monoisotopic (exact) mass is 669 g/mol. The van der Waals surface area contributed by atoms with E-state index in [2.05, 4.69) is 21.3 Å². The van der Waals surface area contributed by atoms with Crippen LogP contribution >= 0.6 is 0 Å². The van der Waals surface area contributed by atoms with Crippen molar-refractivity contribution in [3.63, 3.8) is 0 Å². The lowest BCUT2D eigenvalue weighted by Gasteiger charge is -2.30. The lowest BCUT2D eigenvalue weighted by atomic mass is 10.00. The topological polar surface area (TPSA) is 183 Å². The minimum absolute atomic E-state index is 0.0329. The molecule has 0 bridgehead atoms. The first-order chi connectivity index (χ1) is 22.8. The van der Waals surface area contributed by atoms with Crippen molar-refractivity contribution in [2.75, 3.05) is 20.6 Å². The predicted octanol–water partition coefficient (Wildman–Crippen LogP) is 0.995. The van der Waals surface area contributed by atoms with Crippen LogP contribution in [0.25, 0.3) is 0 Å². The molecule has 1 aromatic carbocycles. The molecule has 0 unspecified atom stereocenters. The first kappa shape index (κ1) is 38.4. The Hall–Kier alpha value is -4.00. The van der Waals surface area contributed by atoms with Gasteiger partial charge in [0.2, 0.25) is 35.4 Å². The van der Waals surface area contributed by atoms with Crippen molar-refractivity contribution in [1.82, 2.24) is 31.1 Å². The molecule has 2 heterocycles. The van der Waals surface area contributed by atoms with Crippen LogP contribution in [0, 0.1) is 5.92 Å². The number of amides is 6. The highest BCUT2D eigenvalue weighted by Crippen LogP contribution is 2.20. The van der Waals surface area contributed by atoms with Gasteiger partial charge in [0.15, 0.2) is 0 Å². The van der Waals surface area contributed by atoms with Gasteiger partial charge in [-0.3, -0.25) is 28.8 Å². The van der Waals surface area contributed by atoms with Gasteiger partial charge in [-0.1, -0.05) is 69.9 Å². The van der Waals surface area contributed by atoms with Crippen molar-refractivity contribution in [2.24, 2.45) is 11.7 Å². The average molecular weight is 670 g/mol. The molecule has 0 saturated carbocycles. The zero-order chi connectivity index (χ0) is 35.4. The Bertz CT molecular complexity index is 1270. The van der Waals surface area contributed by atoms with Crippen molar-refractivity contribution in [3.8, 4) is 0 Å². The quantitative estimate of drug-likeness (QED) is 0.287. The third-order valence-corrected chi connectivity index (χ3v) is 8.97. The second-order valence-corrected chi connectivity index (χ2v) is 13.8. The number of fused-ring (bicyclic) bond motifs is 1. The van der Waals surface area contributed by atoms with Gasteiger partial charge >= 0.3 is 0 Å². The second kappa shape index (κ2) is 18.5. The fourth-order valence-electron chi connectivity index (χ4n) is 6.30. The standard InChI is InChI=1S/C35H55N7O6/c1-22(2)20-28-32(45)37-23(3)34(47)42-19-13-18-29(42)33(46)39-27(35(48)41(4)5)17-12-7-6-11-16-26(31(44)40-28)38-30(43)25(36)21-24-14-9-8-10-15-24/h8-10,14-15,22-23,25-29H,6-7,11-13,16-21,36H2,1-5H3,(H,37,45)(H,38,43)(H,39,46)(H,40,44)/t23-,25-,26-,27-,28-,29-/m0/s1. The lowest BCUT2D eigenvalue weighted by Crippen LogP contribution is -2.59. The first-order valence-corrected chi connectivity index (χ1v) is 17.3. The maximum atomic E-state index is 13.7. The summed E-state index contributed by atoms with van der Waals surface area (Å²) in [6, 6.07) is 4.14. The summed E-state index contributed by atoms with van der Waals surface area (Å²) in [4.78, 5) is 83.3. The highest BCUT2D eigenvalue weighted by atomic mass is 16.2. The molecule has 2 aliphatic heterocycles. The van der Waals surface area contributed by atoms with Gasteiger partial charge < -0.3 is 36.8 Å². The highest BCUT2D eigenvalue weighted by molar-refractivity contribution is 5.96. The Morgan fingerprint density at radius 1 is 0.896 bits per heavy atom. The smallest absolute Gasteiger partial charge is 0.245 e. The van der Waals surface area contributed by atoms with Gasteiger partial charge in [-0.25, -0.2) is 0 Å². The first-order valence-electron chi connectivity index (χ1n) is 17.3. The highest BCUT2D eigenvalue weighted by Gasteiger charge is 2.38. The number of benzene rings is 1. The number of nitrogens with one attached hydrogen (secondary N) is 4. The number of rotatable bonds is 7. The summed E-state index contributed by atoms with van der Waals surface area (Å²) in [5.74, 6) is -2.49. The van der Waals surface area contributed by atoms with Crippen molar-refractivity contribution in [1.29, 1.82) is 0 Å². The van der Waals surface area contributed by atoms with Crippen LogP contribution in [0.1, 0.15) is 84.1 Å². The molecule has 0 spiro atoms. The lowest BCUT2D eigenvalue weighted by molar-refractivity contribution is -0.142. The van der Waals surface area contributed by atoms with E-state index in [9.17, 15) is 28.8 Å². The van der Waals surface area contributed by atoms with Crippen LogP contribution in [0.5, 0.6) is 0 Å². The third-order valence-electron chi connectivity index (χ3n) is 8.97. The Kier molecular flexibility index (Phi) is 14.8. The molecule has 0 aliphatic carbocycles. The summed E-state index contributed by atoms with van der Waals surface area (Å²) in [6.07, 6.45) is 5.09. The number of carbonyl (C=O) groups is 6. The number of nitrogens with two attached hydrogens (primary N) is 1. The molecule has 6 N–H and O–H groups in total. The number of carbonyl (C=O) groups excluding carboxylic acids is 6. The predicted molar refractivity (Wildman–Crippen MR) is 182 cm³/mol. The minimum atomic E-state index is -0.967. The normalized spacial score (nSPS) is 25.8. The zero-order valence-corrected chi connectivity index (χ0v) is 29.1. The van der Waals surface area contributed by atoms with E-state index in [1.54, 1.807) is 21.0 Å². The van der Waals surface area contributed by atoms with Crippen LogP contribution in [0.2, 0.25) is 0 Å². The summed E-state index contributed by atoms with van der Waals surface area (Å²) >= 11 is 0. The molecular weight excluding hydrogens is 614 g/mol. The molecule has 13 heteroatoms. The molecule has 13 nitrogen and oxygen atoms in total. The molecule has 266 valence electrons. The maximum absolute atomic E-state index is 13.7. The number of likely N-dealkylation sites (N-methyl/N-ethyl adjacent to an activating group) is 1. The molecular formula is C35H55N7O6. The molecule has 2 aliphatic rings. The van der Waals surface area contributed by atoms with E-state index >= 15 is 0 Å². The van der Waals surface area contributed by atoms with Gasteiger partial charge in [0, 0.05) is 20.6 Å². The van der Waals surface area contributed by atoms with Crippen LogP contribution in [0.4, 0.5) is 0 Å².